The van der Waals surface area contributed by atoms with Gasteiger partial charge in [-0.05, 0) is 49.2 Å². The van der Waals surface area contributed by atoms with Gasteiger partial charge < -0.3 is 9.09 Å². The van der Waals surface area contributed by atoms with Crippen LogP contribution in [0.4, 0.5) is 0 Å². The highest BCUT2D eigenvalue weighted by molar-refractivity contribution is 5.56. The Morgan fingerprint density at radius 3 is 2.41 bits per heavy atom. The van der Waals surface area contributed by atoms with E-state index in [1.165, 1.54) is 32.1 Å². The Morgan fingerprint density at radius 2 is 1.68 bits per heavy atom. The average Bonchev–Trinajstić information content (AvgIpc) is 3.28. The minimum Gasteiger partial charge on any atom is -0.339 e. The van der Waals surface area contributed by atoms with Crippen molar-refractivity contribution in [1.82, 2.24) is 14.7 Å². The molecule has 1 aliphatic rings. The van der Waals surface area contributed by atoms with Crippen molar-refractivity contribution in [2.75, 3.05) is 0 Å². The van der Waals surface area contributed by atoms with E-state index < -0.39 is 0 Å². The van der Waals surface area contributed by atoms with Gasteiger partial charge in [0.05, 0.1) is 0 Å². The first-order valence-electron chi connectivity index (χ1n) is 7.97. The van der Waals surface area contributed by atoms with Crippen LogP contribution in [0.5, 0.6) is 0 Å². The van der Waals surface area contributed by atoms with Gasteiger partial charge >= 0.3 is 0 Å². The number of aromatic nitrogens is 3. The molecule has 22 heavy (non-hydrogen) atoms. The van der Waals surface area contributed by atoms with Crippen LogP contribution in [-0.4, -0.2) is 14.7 Å². The van der Waals surface area contributed by atoms with Crippen molar-refractivity contribution in [2.24, 2.45) is 0 Å². The molecule has 0 unspecified atom stereocenters. The fraction of sp³-hybridized carbons (Fsp3) is 0.333. The van der Waals surface area contributed by atoms with Crippen molar-refractivity contribution in [2.45, 2.75) is 38.0 Å². The summed E-state index contributed by atoms with van der Waals surface area (Å²) in [6.07, 6.45) is 10.3. The molecule has 0 spiro atoms. The second-order valence-electron chi connectivity index (χ2n) is 5.93. The Labute approximate surface area is 129 Å². The van der Waals surface area contributed by atoms with Crippen molar-refractivity contribution < 1.29 is 4.52 Å². The SMILES string of the molecule is c1ccn(-c2ccc(-c3noc(C4CCCCC4)n3)cc2)c1. The molecule has 0 N–H and O–H groups in total. The third kappa shape index (κ3) is 2.56. The summed E-state index contributed by atoms with van der Waals surface area (Å²) in [6, 6.07) is 12.3. The lowest BCUT2D eigenvalue weighted by Crippen LogP contribution is -2.04. The standard InChI is InChI=1S/C18H19N3O/c1-2-6-15(7-3-1)18-19-17(20-22-18)14-8-10-16(11-9-14)21-12-4-5-13-21/h4-5,8-13,15H,1-3,6-7H2. The Balaban J connectivity index is 1.55. The molecule has 1 saturated carbocycles. The van der Waals surface area contributed by atoms with Gasteiger partial charge in [-0.1, -0.05) is 24.4 Å². The van der Waals surface area contributed by atoms with Crippen LogP contribution < -0.4 is 0 Å². The fourth-order valence-electron chi connectivity index (χ4n) is 3.16. The minimum atomic E-state index is 0.453. The molecule has 0 saturated heterocycles. The smallest absolute Gasteiger partial charge is 0.230 e. The van der Waals surface area contributed by atoms with Crippen LogP contribution in [0.3, 0.4) is 0 Å². The van der Waals surface area contributed by atoms with Gasteiger partial charge in [-0.3, -0.25) is 0 Å². The second-order valence-corrected chi connectivity index (χ2v) is 5.93. The number of hydrogen-bond donors (Lipinski definition) is 0. The Kier molecular flexibility index (Phi) is 3.51. The summed E-state index contributed by atoms with van der Waals surface area (Å²) < 4.78 is 7.57. The summed E-state index contributed by atoms with van der Waals surface area (Å²) in [4.78, 5) is 4.61. The molecule has 3 aromatic rings. The zero-order chi connectivity index (χ0) is 14.8. The van der Waals surface area contributed by atoms with Gasteiger partial charge in [0.1, 0.15) is 0 Å². The molecule has 1 aliphatic carbocycles. The molecule has 4 rings (SSSR count). The lowest BCUT2D eigenvalue weighted by molar-refractivity contribution is 0.314. The second kappa shape index (κ2) is 5.79. The molecule has 0 amide bonds. The molecule has 1 aromatic carbocycles. The maximum Gasteiger partial charge on any atom is 0.230 e. The Morgan fingerprint density at radius 1 is 0.955 bits per heavy atom. The number of hydrogen-bond acceptors (Lipinski definition) is 3. The van der Waals surface area contributed by atoms with Crippen LogP contribution in [0.25, 0.3) is 17.1 Å². The van der Waals surface area contributed by atoms with E-state index in [1.54, 1.807) is 0 Å². The van der Waals surface area contributed by atoms with Crippen molar-refractivity contribution in [3.63, 3.8) is 0 Å². The van der Waals surface area contributed by atoms with Crippen LogP contribution in [-0.2, 0) is 0 Å². The first-order valence-corrected chi connectivity index (χ1v) is 7.97. The predicted octanol–water partition coefficient (Wildman–Crippen LogP) is 4.58. The molecule has 0 atom stereocenters. The normalized spacial score (nSPS) is 16.0. The Hall–Kier alpha value is -2.36. The van der Waals surface area contributed by atoms with Crippen LogP contribution in [0.1, 0.15) is 43.9 Å². The van der Waals surface area contributed by atoms with Crippen molar-refractivity contribution in [3.8, 4) is 17.1 Å². The van der Waals surface area contributed by atoms with E-state index in [-0.39, 0.29) is 0 Å². The van der Waals surface area contributed by atoms with Crippen molar-refractivity contribution >= 4 is 0 Å². The van der Waals surface area contributed by atoms with E-state index in [0.29, 0.717) is 11.7 Å². The fourth-order valence-corrected chi connectivity index (χ4v) is 3.16. The summed E-state index contributed by atoms with van der Waals surface area (Å²) in [5, 5.41) is 4.16. The van der Waals surface area contributed by atoms with E-state index in [0.717, 1.165) is 17.1 Å². The van der Waals surface area contributed by atoms with Crippen LogP contribution in [0, 0.1) is 0 Å². The molecule has 1 fully saturated rings. The van der Waals surface area contributed by atoms with Gasteiger partial charge in [0, 0.05) is 29.6 Å². The molecule has 0 bridgehead atoms. The first-order chi connectivity index (χ1) is 10.9. The highest BCUT2D eigenvalue weighted by atomic mass is 16.5. The third-order valence-corrected chi connectivity index (χ3v) is 4.42. The van der Waals surface area contributed by atoms with Gasteiger partial charge in [-0.25, -0.2) is 0 Å². The zero-order valence-corrected chi connectivity index (χ0v) is 12.5. The van der Waals surface area contributed by atoms with Crippen molar-refractivity contribution in [3.05, 3.63) is 54.7 Å². The number of nitrogens with zero attached hydrogens (tertiary/aromatic N) is 3. The molecule has 4 nitrogen and oxygen atoms in total. The maximum absolute atomic E-state index is 5.49. The molecule has 2 aromatic heterocycles. The van der Waals surface area contributed by atoms with E-state index in [4.69, 9.17) is 4.52 Å². The maximum atomic E-state index is 5.49. The molecular formula is C18H19N3O. The number of rotatable bonds is 3. The van der Waals surface area contributed by atoms with Crippen LogP contribution in [0.15, 0.2) is 53.3 Å². The van der Waals surface area contributed by atoms with Gasteiger partial charge in [0.15, 0.2) is 0 Å². The Bertz CT molecular complexity index is 722. The summed E-state index contributed by atoms with van der Waals surface area (Å²) >= 11 is 0. The highest BCUT2D eigenvalue weighted by Crippen LogP contribution is 2.32. The van der Waals surface area contributed by atoms with Crippen molar-refractivity contribution in [1.29, 1.82) is 0 Å². The predicted molar refractivity (Wildman–Crippen MR) is 84.9 cm³/mol. The third-order valence-electron chi connectivity index (χ3n) is 4.42. The topological polar surface area (TPSA) is 43.9 Å². The molecule has 4 heteroatoms. The first kappa shape index (κ1) is 13.3. The quantitative estimate of drug-likeness (QED) is 0.710. The van der Waals surface area contributed by atoms with Crippen LogP contribution in [0.2, 0.25) is 0 Å². The summed E-state index contributed by atoms with van der Waals surface area (Å²) in [7, 11) is 0. The van der Waals surface area contributed by atoms with E-state index >= 15 is 0 Å². The number of benzene rings is 1. The summed E-state index contributed by atoms with van der Waals surface area (Å²) in [6.45, 7) is 0. The minimum absolute atomic E-state index is 0.453. The largest absolute Gasteiger partial charge is 0.339 e. The van der Waals surface area contributed by atoms with Crippen LogP contribution >= 0.6 is 0 Å². The van der Waals surface area contributed by atoms with Gasteiger partial charge in [-0.15, -0.1) is 0 Å². The highest BCUT2D eigenvalue weighted by Gasteiger charge is 2.21. The van der Waals surface area contributed by atoms with Gasteiger partial charge in [0.2, 0.25) is 11.7 Å². The van der Waals surface area contributed by atoms with E-state index in [1.807, 2.05) is 36.7 Å². The molecular weight excluding hydrogens is 274 g/mol. The van der Waals surface area contributed by atoms with E-state index in [9.17, 15) is 0 Å². The summed E-state index contributed by atoms with van der Waals surface area (Å²) in [5.74, 6) is 1.96. The monoisotopic (exact) mass is 293 g/mol. The molecule has 0 radical (unpaired) electrons. The molecule has 0 aliphatic heterocycles. The lowest BCUT2D eigenvalue weighted by Gasteiger charge is -2.17. The zero-order valence-electron chi connectivity index (χ0n) is 12.5. The van der Waals surface area contributed by atoms with Gasteiger partial charge in [-0.2, -0.15) is 4.98 Å². The molecule has 112 valence electrons. The van der Waals surface area contributed by atoms with Gasteiger partial charge in [0.25, 0.3) is 0 Å². The molecule has 2 heterocycles. The lowest BCUT2D eigenvalue weighted by atomic mass is 9.89. The summed E-state index contributed by atoms with van der Waals surface area (Å²) in [5.41, 5.74) is 2.13. The van der Waals surface area contributed by atoms with E-state index in [2.05, 4.69) is 26.8 Å². The average molecular weight is 293 g/mol.